The summed E-state index contributed by atoms with van der Waals surface area (Å²) < 4.78 is 2.20. The molecule has 6 aromatic carbocycles. The zero-order valence-electron chi connectivity index (χ0n) is 25.5. The fourth-order valence-corrected chi connectivity index (χ4v) is 7.70. The van der Waals surface area contributed by atoms with Crippen molar-refractivity contribution in [2.75, 3.05) is 4.90 Å². The van der Waals surface area contributed by atoms with Crippen LogP contribution in [0.15, 0.2) is 170 Å². The van der Waals surface area contributed by atoms with Gasteiger partial charge in [0.05, 0.1) is 39.1 Å². The number of hydrogen-bond donors (Lipinski definition) is 0. The van der Waals surface area contributed by atoms with Gasteiger partial charge in [0.2, 0.25) is 0 Å². The van der Waals surface area contributed by atoms with Crippen LogP contribution < -0.4 is 4.90 Å². The molecule has 0 unspecified atom stereocenters. The number of aromatic nitrogens is 2. The van der Waals surface area contributed by atoms with Crippen molar-refractivity contribution in [3.05, 3.63) is 198 Å². The summed E-state index contributed by atoms with van der Waals surface area (Å²) in [5.74, 6) is 0. The zero-order valence-corrected chi connectivity index (χ0v) is 25.5. The fraction of sp³-hybridized carbons (Fsp3) is 0.0233. The van der Waals surface area contributed by atoms with Gasteiger partial charge < -0.3 is 9.47 Å². The molecule has 1 aliphatic heterocycles. The molecule has 0 saturated carbocycles. The van der Waals surface area contributed by atoms with Crippen molar-refractivity contribution < 1.29 is 0 Å². The third-order valence-electron chi connectivity index (χ3n) is 9.59. The van der Waals surface area contributed by atoms with Crippen molar-refractivity contribution in [1.82, 2.24) is 9.55 Å². The van der Waals surface area contributed by atoms with E-state index in [0.717, 1.165) is 44.6 Å². The number of fused-ring (bicyclic) bond motifs is 5. The number of benzene rings is 6. The van der Waals surface area contributed by atoms with E-state index in [9.17, 15) is 5.26 Å². The highest BCUT2D eigenvalue weighted by Gasteiger charge is 2.46. The maximum atomic E-state index is 10.4. The summed E-state index contributed by atoms with van der Waals surface area (Å²) in [5.41, 5.74) is 11.0. The number of anilines is 3. The van der Waals surface area contributed by atoms with Gasteiger partial charge in [-0.2, -0.15) is 5.26 Å². The number of rotatable bonds is 4. The second-order valence-corrected chi connectivity index (χ2v) is 11.9. The number of nitriles is 1. The number of para-hydroxylation sites is 3. The van der Waals surface area contributed by atoms with Crippen LogP contribution >= 0.6 is 0 Å². The highest BCUT2D eigenvalue weighted by molar-refractivity contribution is 6.09. The molecular weight excluding hydrogens is 573 g/mol. The van der Waals surface area contributed by atoms with E-state index in [2.05, 4.69) is 154 Å². The Balaban J connectivity index is 1.35. The molecule has 4 heteroatoms. The number of hydrogen-bond acceptors (Lipinski definition) is 3. The Hall–Kier alpha value is -6.44. The zero-order chi connectivity index (χ0) is 31.4. The van der Waals surface area contributed by atoms with Crippen LogP contribution in [-0.4, -0.2) is 9.55 Å². The lowest BCUT2D eigenvalue weighted by atomic mass is 9.62. The van der Waals surface area contributed by atoms with Crippen molar-refractivity contribution in [3.63, 3.8) is 0 Å². The summed E-state index contributed by atoms with van der Waals surface area (Å²) >= 11 is 0. The van der Waals surface area contributed by atoms with E-state index in [-0.39, 0.29) is 0 Å². The first-order valence-electron chi connectivity index (χ1n) is 15.8. The van der Waals surface area contributed by atoms with Gasteiger partial charge in [-0.05, 0) is 64.7 Å². The molecular formula is C43H28N4. The standard InChI is InChI=1S/C43H28N4/c44-28-30-23-24-33(27-42(30)47-38-20-10-7-17-34(38)35-29-45-26-25-39(35)47)46-40-21-11-8-18-36(40)43(31-13-3-1-4-14-31,32-15-5-2-6-16-32)37-19-9-12-22-41(37)46/h1-27,29H. The van der Waals surface area contributed by atoms with E-state index >= 15 is 0 Å². The van der Waals surface area contributed by atoms with E-state index in [4.69, 9.17) is 0 Å². The van der Waals surface area contributed by atoms with Gasteiger partial charge in [-0.3, -0.25) is 4.98 Å². The predicted molar refractivity (Wildman–Crippen MR) is 190 cm³/mol. The van der Waals surface area contributed by atoms with E-state index in [1.54, 1.807) is 0 Å². The highest BCUT2D eigenvalue weighted by atomic mass is 15.2. The predicted octanol–water partition coefficient (Wildman–Crippen LogP) is 10.2. The van der Waals surface area contributed by atoms with Gasteiger partial charge in [0.25, 0.3) is 0 Å². The SMILES string of the molecule is N#Cc1ccc(N2c3ccccc3C(c3ccccc3)(c3ccccc3)c3ccccc32)cc1-n1c2ccccc2c2cnccc21. The Labute approximate surface area is 273 Å². The van der Waals surface area contributed by atoms with Crippen LogP contribution in [0, 0.1) is 11.3 Å². The van der Waals surface area contributed by atoms with Crippen molar-refractivity contribution in [1.29, 1.82) is 5.26 Å². The Kier molecular flexibility index (Phi) is 6.06. The Morgan fingerprint density at radius 3 is 1.77 bits per heavy atom. The van der Waals surface area contributed by atoms with E-state index in [1.807, 2.05) is 36.7 Å². The lowest BCUT2D eigenvalue weighted by molar-refractivity contribution is 0.731. The highest BCUT2D eigenvalue weighted by Crippen LogP contribution is 2.57. The molecule has 220 valence electrons. The van der Waals surface area contributed by atoms with Gasteiger partial charge in [-0.25, -0.2) is 0 Å². The van der Waals surface area contributed by atoms with Crippen LogP contribution in [0.3, 0.4) is 0 Å². The van der Waals surface area contributed by atoms with Crippen LogP contribution in [0.25, 0.3) is 27.5 Å². The second kappa shape index (κ2) is 10.6. The van der Waals surface area contributed by atoms with E-state index in [0.29, 0.717) is 5.56 Å². The first-order chi connectivity index (χ1) is 23.3. The molecule has 8 aromatic rings. The normalized spacial score (nSPS) is 13.2. The molecule has 1 aliphatic rings. The van der Waals surface area contributed by atoms with Crippen LogP contribution in [0.4, 0.5) is 17.1 Å². The quantitative estimate of drug-likeness (QED) is 0.202. The molecule has 0 atom stereocenters. The molecule has 4 nitrogen and oxygen atoms in total. The monoisotopic (exact) mass is 600 g/mol. The largest absolute Gasteiger partial charge is 0.310 e. The number of pyridine rings is 1. The maximum absolute atomic E-state index is 10.4. The van der Waals surface area contributed by atoms with Crippen molar-refractivity contribution in [2.24, 2.45) is 0 Å². The molecule has 0 radical (unpaired) electrons. The minimum absolute atomic E-state index is 0.540. The van der Waals surface area contributed by atoms with Crippen molar-refractivity contribution >= 4 is 38.9 Å². The maximum Gasteiger partial charge on any atom is 0.101 e. The van der Waals surface area contributed by atoms with Crippen molar-refractivity contribution in [2.45, 2.75) is 5.41 Å². The molecule has 0 saturated heterocycles. The summed E-state index contributed by atoms with van der Waals surface area (Å²) in [5, 5.41) is 12.6. The van der Waals surface area contributed by atoms with Gasteiger partial charge in [-0.15, -0.1) is 0 Å². The number of nitrogens with zero attached hydrogens (tertiary/aromatic N) is 4. The van der Waals surface area contributed by atoms with E-state index in [1.165, 1.54) is 22.3 Å². The lowest BCUT2D eigenvalue weighted by Gasteiger charge is -2.46. The molecule has 47 heavy (non-hydrogen) atoms. The lowest BCUT2D eigenvalue weighted by Crippen LogP contribution is -2.37. The summed E-state index contributed by atoms with van der Waals surface area (Å²) in [7, 11) is 0. The van der Waals surface area contributed by atoms with Crippen LogP contribution in [0.5, 0.6) is 0 Å². The fourth-order valence-electron chi connectivity index (χ4n) is 7.70. The first-order valence-corrected chi connectivity index (χ1v) is 15.8. The van der Waals surface area contributed by atoms with Gasteiger partial charge in [0, 0.05) is 28.9 Å². The van der Waals surface area contributed by atoms with Crippen molar-refractivity contribution in [3.8, 4) is 11.8 Å². The third-order valence-corrected chi connectivity index (χ3v) is 9.59. The molecule has 0 bridgehead atoms. The average Bonchev–Trinajstić information content (AvgIpc) is 3.48. The summed E-state index contributed by atoms with van der Waals surface area (Å²) in [6.07, 6.45) is 3.73. The Bertz CT molecular complexity index is 2350. The molecule has 0 aliphatic carbocycles. The molecule has 3 heterocycles. The molecule has 0 spiro atoms. The minimum atomic E-state index is -0.540. The topological polar surface area (TPSA) is 44.9 Å². The average molecular weight is 601 g/mol. The molecule has 0 N–H and O–H groups in total. The third kappa shape index (κ3) is 3.84. The molecule has 0 amide bonds. The Morgan fingerprint density at radius 1 is 0.532 bits per heavy atom. The summed E-state index contributed by atoms with van der Waals surface area (Å²) in [6.45, 7) is 0. The Morgan fingerprint density at radius 2 is 1.11 bits per heavy atom. The van der Waals surface area contributed by atoms with Gasteiger partial charge in [-0.1, -0.05) is 115 Å². The summed E-state index contributed by atoms with van der Waals surface area (Å²) in [6, 6.07) is 58.2. The van der Waals surface area contributed by atoms with Gasteiger partial charge in [0.15, 0.2) is 0 Å². The van der Waals surface area contributed by atoms with Crippen LogP contribution in [-0.2, 0) is 5.41 Å². The van der Waals surface area contributed by atoms with Crippen LogP contribution in [0.1, 0.15) is 27.8 Å². The smallest absolute Gasteiger partial charge is 0.101 e. The van der Waals surface area contributed by atoms with E-state index < -0.39 is 5.41 Å². The minimum Gasteiger partial charge on any atom is -0.310 e. The molecule has 0 fully saturated rings. The molecule has 2 aromatic heterocycles. The summed E-state index contributed by atoms with van der Waals surface area (Å²) in [4.78, 5) is 6.79. The van der Waals surface area contributed by atoms with Crippen LogP contribution in [0.2, 0.25) is 0 Å². The first kappa shape index (κ1) is 26.9. The van der Waals surface area contributed by atoms with Gasteiger partial charge in [0.1, 0.15) is 6.07 Å². The molecule has 9 rings (SSSR count). The van der Waals surface area contributed by atoms with Gasteiger partial charge >= 0.3 is 0 Å². The second-order valence-electron chi connectivity index (χ2n) is 11.9.